The molecule has 0 N–H and O–H groups in total. The largest absolute Gasteiger partial charge is 0.309 e. The number of hydrogen-bond donors (Lipinski definition) is 0. The third kappa shape index (κ3) is 5.00. The topological polar surface area (TPSA) is 3.24 Å². The summed E-state index contributed by atoms with van der Waals surface area (Å²) < 4.78 is 0. The second-order valence-electron chi connectivity index (χ2n) is 14.8. The summed E-state index contributed by atoms with van der Waals surface area (Å²) in [6.45, 7) is 4.74. The second-order valence-corrected chi connectivity index (χ2v) is 14.8. The van der Waals surface area contributed by atoms with E-state index in [1.54, 1.807) is 0 Å². The van der Waals surface area contributed by atoms with Crippen LogP contribution in [0.2, 0.25) is 0 Å². The molecule has 0 aromatic heterocycles. The maximum absolute atomic E-state index is 2.58. The maximum atomic E-state index is 2.58. The lowest BCUT2D eigenvalue weighted by molar-refractivity contribution is 0.660. The molecule has 54 heavy (non-hydrogen) atoms. The van der Waals surface area contributed by atoms with Gasteiger partial charge in [0.15, 0.2) is 0 Å². The van der Waals surface area contributed by atoms with Crippen LogP contribution in [0.4, 0.5) is 17.1 Å². The zero-order chi connectivity index (χ0) is 36.2. The van der Waals surface area contributed by atoms with Crippen LogP contribution >= 0.6 is 0 Å². The molecule has 0 atom stereocenters. The Balaban J connectivity index is 1.38. The molecule has 0 amide bonds. The molecule has 0 fully saturated rings. The first-order chi connectivity index (χ1) is 26.6. The van der Waals surface area contributed by atoms with Crippen molar-refractivity contribution in [3.05, 3.63) is 211 Å². The minimum Gasteiger partial charge on any atom is -0.309 e. The third-order valence-electron chi connectivity index (χ3n) is 11.5. The molecule has 0 radical (unpaired) electrons. The molecule has 256 valence electrons. The molecule has 0 bridgehead atoms. The molecule has 1 aliphatic rings. The monoisotopic (exact) mass is 689 g/mol. The summed E-state index contributed by atoms with van der Waals surface area (Å²) in [4.78, 5) is 2.58. The summed E-state index contributed by atoms with van der Waals surface area (Å²) in [6, 6.07) is 73.5. The number of benzene rings is 9. The summed E-state index contributed by atoms with van der Waals surface area (Å²) in [5, 5.41) is 4.94. The molecular weight excluding hydrogens is 651 g/mol. The molecule has 9 aromatic rings. The van der Waals surface area contributed by atoms with E-state index < -0.39 is 0 Å². The Morgan fingerprint density at radius 1 is 0.333 bits per heavy atom. The van der Waals surface area contributed by atoms with Crippen molar-refractivity contribution in [1.29, 1.82) is 0 Å². The van der Waals surface area contributed by atoms with Crippen molar-refractivity contribution in [1.82, 2.24) is 0 Å². The molecule has 0 aliphatic heterocycles. The Kier molecular flexibility index (Phi) is 7.56. The van der Waals surface area contributed by atoms with E-state index >= 15 is 0 Å². The molecule has 0 spiro atoms. The number of rotatable bonds is 6. The van der Waals surface area contributed by atoms with Crippen molar-refractivity contribution >= 4 is 38.6 Å². The summed E-state index contributed by atoms with van der Waals surface area (Å²) in [5.74, 6) is 0. The van der Waals surface area contributed by atoms with Crippen LogP contribution in [0.15, 0.2) is 200 Å². The van der Waals surface area contributed by atoms with Gasteiger partial charge >= 0.3 is 0 Å². The molecule has 0 heterocycles. The van der Waals surface area contributed by atoms with E-state index in [9.17, 15) is 0 Å². The van der Waals surface area contributed by atoms with Crippen LogP contribution in [0.5, 0.6) is 0 Å². The highest BCUT2D eigenvalue weighted by Crippen LogP contribution is 2.57. The first kappa shape index (κ1) is 32.0. The Morgan fingerprint density at radius 3 is 1.57 bits per heavy atom. The van der Waals surface area contributed by atoms with Gasteiger partial charge in [0.25, 0.3) is 0 Å². The number of anilines is 3. The quantitative estimate of drug-likeness (QED) is 0.157. The van der Waals surface area contributed by atoms with Gasteiger partial charge in [0.2, 0.25) is 0 Å². The Morgan fingerprint density at radius 2 is 0.833 bits per heavy atom. The van der Waals surface area contributed by atoms with Gasteiger partial charge in [-0.2, -0.15) is 0 Å². The smallest absolute Gasteiger partial charge is 0.0547 e. The second kappa shape index (κ2) is 12.8. The predicted molar refractivity (Wildman–Crippen MR) is 230 cm³/mol. The fourth-order valence-electron chi connectivity index (χ4n) is 8.97. The number of nitrogens with zero attached hydrogens (tertiary/aromatic N) is 1. The van der Waals surface area contributed by atoms with Gasteiger partial charge in [0.05, 0.1) is 17.1 Å². The SMILES string of the molecule is CC1(C)c2ccccc2-c2c(N(c3cccc(-c4ccccc4)c3-c3ccccc3-c3ccccc3)c3cc4ccccc4c4ccccc34)cccc21. The standard InChI is InChI=1S/C53H39N/c1-53(2)46-31-16-15-29-45(46)52-47(53)32-18-34-49(52)54(50-35-38-23-9-10-25-40(38)42-26-12-13-27-43(42)50)48-33-17-30-41(37-21-7-4-8-22-37)51(48)44-28-14-11-24-39(44)36-19-5-3-6-20-36/h3-35H,1-2H3. The van der Waals surface area contributed by atoms with Crippen LogP contribution in [0.1, 0.15) is 25.0 Å². The van der Waals surface area contributed by atoms with E-state index in [1.165, 1.54) is 82.9 Å². The van der Waals surface area contributed by atoms with Crippen molar-refractivity contribution < 1.29 is 0 Å². The summed E-state index contributed by atoms with van der Waals surface area (Å²) >= 11 is 0. The van der Waals surface area contributed by atoms with Gasteiger partial charge in [-0.1, -0.05) is 196 Å². The van der Waals surface area contributed by atoms with E-state index in [0.717, 1.165) is 11.4 Å². The average Bonchev–Trinajstić information content (AvgIpc) is 3.48. The molecule has 0 unspecified atom stereocenters. The van der Waals surface area contributed by atoms with Gasteiger partial charge in [-0.15, -0.1) is 0 Å². The summed E-state index contributed by atoms with van der Waals surface area (Å²) in [5.41, 5.74) is 15.8. The number of fused-ring (bicyclic) bond motifs is 6. The summed E-state index contributed by atoms with van der Waals surface area (Å²) in [6.07, 6.45) is 0. The van der Waals surface area contributed by atoms with Crippen molar-refractivity contribution in [3.63, 3.8) is 0 Å². The van der Waals surface area contributed by atoms with Crippen LogP contribution in [-0.4, -0.2) is 0 Å². The van der Waals surface area contributed by atoms with E-state index in [1.807, 2.05) is 0 Å². The van der Waals surface area contributed by atoms with Crippen molar-refractivity contribution in [2.45, 2.75) is 19.3 Å². The van der Waals surface area contributed by atoms with E-state index in [0.29, 0.717) is 0 Å². The Bertz CT molecular complexity index is 2850. The van der Waals surface area contributed by atoms with Crippen LogP contribution < -0.4 is 4.90 Å². The lowest BCUT2D eigenvalue weighted by Gasteiger charge is -2.33. The van der Waals surface area contributed by atoms with Crippen LogP contribution in [0, 0.1) is 0 Å². The molecule has 0 saturated carbocycles. The van der Waals surface area contributed by atoms with E-state index in [2.05, 4.69) is 219 Å². The molecule has 1 aliphatic carbocycles. The fourth-order valence-corrected chi connectivity index (χ4v) is 8.97. The lowest BCUT2D eigenvalue weighted by atomic mass is 9.82. The average molecular weight is 690 g/mol. The normalized spacial score (nSPS) is 12.8. The van der Waals surface area contributed by atoms with Gasteiger partial charge in [-0.05, 0) is 78.9 Å². The molecular formula is C53H39N. The highest BCUT2D eigenvalue weighted by Gasteiger charge is 2.38. The Hall–Kier alpha value is -6.70. The number of hydrogen-bond acceptors (Lipinski definition) is 1. The van der Waals surface area contributed by atoms with Crippen LogP contribution in [0.3, 0.4) is 0 Å². The van der Waals surface area contributed by atoms with Crippen LogP contribution in [-0.2, 0) is 5.41 Å². The molecule has 1 nitrogen and oxygen atoms in total. The summed E-state index contributed by atoms with van der Waals surface area (Å²) in [7, 11) is 0. The van der Waals surface area contributed by atoms with Gasteiger partial charge in [0.1, 0.15) is 0 Å². The predicted octanol–water partition coefficient (Wildman–Crippen LogP) is 14.8. The van der Waals surface area contributed by atoms with Gasteiger partial charge in [-0.25, -0.2) is 0 Å². The minimum atomic E-state index is -0.145. The first-order valence-electron chi connectivity index (χ1n) is 18.9. The molecule has 9 aromatic carbocycles. The molecule has 0 saturated heterocycles. The minimum absolute atomic E-state index is 0.145. The highest BCUT2D eigenvalue weighted by atomic mass is 15.2. The van der Waals surface area contributed by atoms with Crippen molar-refractivity contribution in [3.8, 4) is 44.5 Å². The van der Waals surface area contributed by atoms with Crippen molar-refractivity contribution in [2.75, 3.05) is 4.90 Å². The zero-order valence-corrected chi connectivity index (χ0v) is 30.5. The highest BCUT2D eigenvalue weighted by molar-refractivity contribution is 6.16. The first-order valence-corrected chi connectivity index (χ1v) is 18.9. The molecule has 10 rings (SSSR count). The van der Waals surface area contributed by atoms with Crippen molar-refractivity contribution in [2.24, 2.45) is 0 Å². The zero-order valence-electron chi connectivity index (χ0n) is 30.5. The Labute approximate surface area is 317 Å². The lowest BCUT2D eigenvalue weighted by Crippen LogP contribution is -2.16. The van der Waals surface area contributed by atoms with Crippen LogP contribution in [0.25, 0.3) is 66.1 Å². The maximum Gasteiger partial charge on any atom is 0.0547 e. The van der Waals surface area contributed by atoms with Gasteiger partial charge in [0, 0.05) is 21.9 Å². The van der Waals surface area contributed by atoms with E-state index in [-0.39, 0.29) is 5.41 Å². The molecule has 1 heteroatoms. The van der Waals surface area contributed by atoms with Gasteiger partial charge < -0.3 is 4.90 Å². The van der Waals surface area contributed by atoms with Gasteiger partial charge in [-0.3, -0.25) is 0 Å². The third-order valence-corrected chi connectivity index (χ3v) is 11.5. The fraction of sp³-hybridized carbons (Fsp3) is 0.0566. The van der Waals surface area contributed by atoms with E-state index in [4.69, 9.17) is 0 Å².